The molecule has 2 aromatic rings. The molecule has 0 spiro atoms. The normalized spacial score (nSPS) is 19.2. The number of rotatable bonds is 5. The van der Waals surface area contributed by atoms with Gasteiger partial charge in [-0.15, -0.1) is 0 Å². The largest absolute Gasteiger partial charge is 0.444 e. The summed E-state index contributed by atoms with van der Waals surface area (Å²) in [5.74, 6) is 0.0672. The number of benzene rings is 2. The first-order valence-corrected chi connectivity index (χ1v) is 13.5. The Morgan fingerprint density at radius 3 is 2.70 bits per heavy atom. The predicted molar refractivity (Wildman–Crippen MR) is 132 cm³/mol. The third-order valence-electron chi connectivity index (χ3n) is 5.84. The molecule has 2 heterocycles. The van der Waals surface area contributed by atoms with Crippen molar-refractivity contribution >= 4 is 39.3 Å². The van der Waals surface area contributed by atoms with Gasteiger partial charge in [0.15, 0.2) is 0 Å². The highest BCUT2D eigenvalue weighted by Crippen LogP contribution is 2.45. The standard InChI is InChI=1S/C24H31N3O4S2/c1-16(18-9-10-22-20(13-18)26-19-7-5-6-8-21(19)32-22)33(29,30)27-12-11-17(15-27)14-25-23(28)31-24(2,3)4/h5-10,13,16-17,26H,11-12,14-15H2,1-4H3,(H,25,28)/t16?,17-/m1/s1. The lowest BCUT2D eigenvalue weighted by atomic mass is 10.1. The molecule has 0 radical (unpaired) electrons. The number of sulfonamides is 1. The fourth-order valence-electron chi connectivity index (χ4n) is 4.04. The molecule has 9 heteroatoms. The van der Waals surface area contributed by atoms with E-state index in [0.717, 1.165) is 26.7 Å². The maximum atomic E-state index is 13.4. The number of alkyl carbamates (subject to hydrolysis) is 1. The molecule has 33 heavy (non-hydrogen) atoms. The minimum atomic E-state index is -3.52. The molecule has 2 aliphatic heterocycles. The number of nitrogens with zero attached hydrogens (tertiary/aromatic N) is 1. The van der Waals surface area contributed by atoms with Gasteiger partial charge < -0.3 is 15.4 Å². The molecule has 1 unspecified atom stereocenters. The molecule has 0 saturated carbocycles. The van der Waals surface area contributed by atoms with E-state index in [0.29, 0.717) is 26.1 Å². The van der Waals surface area contributed by atoms with Crippen LogP contribution in [0.4, 0.5) is 16.2 Å². The number of hydrogen-bond acceptors (Lipinski definition) is 6. The van der Waals surface area contributed by atoms with Gasteiger partial charge in [0.2, 0.25) is 10.0 Å². The van der Waals surface area contributed by atoms with Crippen LogP contribution in [0.2, 0.25) is 0 Å². The van der Waals surface area contributed by atoms with Gasteiger partial charge in [0.1, 0.15) is 5.60 Å². The Hall–Kier alpha value is -2.23. The topological polar surface area (TPSA) is 87.7 Å². The first-order chi connectivity index (χ1) is 15.5. The fraction of sp³-hybridized carbons (Fsp3) is 0.458. The molecule has 0 aliphatic carbocycles. The minimum Gasteiger partial charge on any atom is -0.444 e. The maximum Gasteiger partial charge on any atom is 0.407 e. The second-order valence-electron chi connectivity index (χ2n) is 9.56. The average Bonchev–Trinajstić information content (AvgIpc) is 3.24. The molecule has 0 bridgehead atoms. The lowest BCUT2D eigenvalue weighted by Crippen LogP contribution is -2.37. The number of nitrogens with one attached hydrogen (secondary N) is 2. The molecule has 178 valence electrons. The second-order valence-corrected chi connectivity index (χ2v) is 12.9. The van der Waals surface area contributed by atoms with Crippen molar-refractivity contribution in [3.8, 4) is 0 Å². The van der Waals surface area contributed by atoms with Gasteiger partial charge in [0.25, 0.3) is 0 Å². The van der Waals surface area contributed by atoms with E-state index >= 15 is 0 Å². The third kappa shape index (κ3) is 5.47. The molecule has 1 amide bonds. The van der Waals surface area contributed by atoms with Crippen LogP contribution < -0.4 is 10.6 Å². The molecule has 1 saturated heterocycles. The van der Waals surface area contributed by atoms with Gasteiger partial charge in [-0.3, -0.25) is 0 Å². The highest BCUT2D eigenvalue weighted by molar-refractivity contribution is 7.99. The van der Waals surface area contributed by atoms with Crippen molar-refractivity contribution in [2.45, 2.75) is 54.8 Å². The van der Waals surface area contributed by atoms with Crippen molar-refractivity contribution in [3.63, 3.8) is 0 Å². The highest BCUT2D eigenvalue weighted by Gasteiger charge is 2.36. The number of hydrogen-bond donors (Lipinski definition) is 2. The summed E-state index contributed by atoms with van der Waals surface area (Å²) < 4.78 is 33.5. The van der Waals surface area contributed by atoms with Crippen LogP contribution in [0, 0.1) is 5.92 Å². The van der Waals surface area contributed by atoms with Gasteiger partial charge in [0, 0.05) is 29.4 Å². The SMILES string of the molecule is CC(c1ccc2c(c1)Nc1ccccc1S2)S(=O)(=O)N1CC[C@H](CNC(=O)OC(C)(C)C)C1. The van der Waals surface area contributed by atoms with Crippen molar-refractivity contribution in [1.82, 2.24) is 9.62 Å². The predicted octanol–water partition coefficient (Wildman–Crippen LogP) is 5.13. The van der Waals surface area contributed by atoms with Crippen LogP contribution in [0.5, 0.6) is 0 Å². The van der Waals surface area contributed by atoms with Gasteiger partial charge in [-0.2, -0.15) is 0 Å². The Morgan fingerprint density at radius 1 is 1.21 bits per heavy atom. The van der Waals surface area contributed by atoms with Crippen LogP contribution in [0.15, 0.2) is 52.3 Å². The summed E-state index contributed by atoms with van der Waals surface area (Å²) in [6.45, 7) is 8.43. The Labute approximate surface area is 200 Å². The monoisotopic (exact) mass is 489 g/mol. The Balaban J connectivity index is 1.40. The lowest BCUT2D eigenvalue weighted by molar-refractivity contribution is 0.0520. The third-order valence-corrected chi connectivity index (χ3v) is 9.21. The molecular weight excluding hydrogens is 458 g/mol. The summed E-state index contributed by atoms with van der Waals surface area (Å²) in [5, 5.41) is 5.53. The minimum absolute atomic E-state index is 0.0672. The van der Waals surface area contributed by atoms with E-state index < -0.39 is 27.0 Å². The van der Waals surface area contributed by atoms with Crippen molar-refractivity contribution < 1.29 is 17.9 Å². The summed E-state index contributed by atoms with van der Waals surface area (Å²) in [6.07, 6.45) is 0.235. The number of carbonyl (C=O) groups is 1. The quantitative estimate of drug-likeness (QED) is 0.516. The number of ether oxygens (including phenoxy) is 1. The van der Waals surface area contributed by atoms with Crippen molar-refractivity contribution in [2.75, 3.05) is 25.0 Å². The molecule has 1 fully saturated rings. The van der Waals surface area contributed by atoms with Gasteiger partial charge in [-0.25, -0.2) is 17.5 Å². The molecule has 2 aromatic carbocycles. The molecular formula is C24H31N3O4S2. The van der Waals surface area contributed by atoms with Crippen LogP contribution in [0.25, 0.3) is 0 Å². The Kier molecular flexibility index (Phi) is 6.66. The van der Waals surface area contributed by atoms with E-state index in [1.807, 2.05) is 57.2 Å². The van der Waals surface area contributed by atoms with E-state index in [2.05, 4.69) is 16.7 Å². The number of amides is 1. The molecule has 7 nitrogen and oxygen atoms in total. The summed E-state index contributed by atoms with van der Waals surface area (Å²) in [6, 6.07) is 13.9. The zero-order valence-corrected chi connectivity index (χ0v) is 21.1. The number of carbonyl (C=O) groups excluding carboxylic acids is 1. The average molecular weight is 490 g/mol. The van der Waals surface area contributed by atoms with Crippen LogP contribution in [-0.4, -0.2) is 44.1 Å². The van der Waals surface area contributed by atoms with Crippen LogP contribution in [0.1, 0.15) is 44.9 Å². The highest BCUT2D eigenvalue weighted by atomic mass is 32.2. The Bertz CT molecular complexity index is 1140. The van der Waals surface area contributed by atoms with E-state index in [1.54, 1.807) is 23.0 Å². The summed E-state index contributed by atoms with van der Waals surface area (Å²) in [7, 11) is -3.52. The van der Waals surface area contributed by atoms with Gasteiger partial charge >= 0.3 is 6.09 Å². The smallest absolute Gasteiger partial charge is 0.407 e. The molecule has 2 aliphatic rings. The summed E-state index contributed by atoms with van der Waals surface area (Å²) in [5.41, 5.74) is 2.16. The van der Waals surface area contributed by atoms with Crippen LogP contribution in [0.3, 0.4) is 0 Å². The maximum absolute atomic E-state index is 13.4. The zero-order valence-electron chi connectivity index (χ0n) is 19.4. The van der Waals surface area contributed by atoms with Gasteiger partial charge in [-0.1, -0.05) is 30.0 Å². The van der Waals surface area contributed by atoms with E-state index in [4.69, 9.17) is 4.74 Å². The van der Waals surface area contributed by atoms with E-state index in [9.17, 15) is 13.2 Å². The Morgan fingerprint density at radius 2 is 1.94 bits per heavy atom. The van der Waals surface area contributed by atoms with Crippen molar-refractivity contribution in [3.05, 3.63) is 48.0 Å². The van der Waals surface area contributed by atoms with Crippen molar-refractivity contribution in [2.24, 2.45) is 5.92 Å². The van der Waals surface area contributed by atoms with Crippen LogP contribution >= 0.6 is 11.8 Å². The molecule has 2 N–H and O–H groups in total. The lowest BCUT2D eigenvalue weighted by Gasteiger charge is -2.25. The molecule has 0 aromatic heterocycles. The van der Waals surface area contributed by atoms with E-state index in [1.165, 1.54) is 0 Å². The van der Waals surface area contributed by atoms with Gasteiger partial charge in [-0.05, 0) is 69.9 Å². The first kappa shape index (κ1) is 23.9. The van der Waals surface area contributed by atoms with Crippen LogP contribution in [-0.2, 0) is 14.8 Å². The first-order valence-electron chi connectivity index (χ1n) is 11.2. The zero-order chi connectivity index (χ0) is 23.8. The van der Waals surface area contributed by atoms with E-state index in [-0.39, 0.29) is 5.92 Å². The van der Waals surface area contributed by atoms with Gasteiger partial charge in [0.05, 0.1) is 16.6 Å². The number of para-hydroxylation sites is 1. The number of anilines is 2. The summed E-state index contributed by atoms with van der Waals surface area (Å²) >= 11 is 1.68. The fourth-order valence-corrected chi connectivity index (χ4v) is 6.73. The number of fused-ring (bicyclic) bond motifs is 2. The second kappa shape index (κ2) is 9.19. The molecule has 4 rings (SSSR count). The van der Waals surface area contributed by atoms with Crippen molar-refractivity contribution in [1.29, 1.82) is 0 Å². The summed E-state index contributed by atoms with van der Waals surface area (Å²) in [4.78, 5) is 14.1. The molecule has 2 atom stereocenters.